The lowest BCUT2D eigenvalue weighted by molar-refractivity contribution is 0.660. The maximum atomic E-state index is 11.4. The lowest BCUT2D eigenvalue weighted by Gasteiger charge is -2.03. The molecule has 0 aliphatic rings. The Morgan fingerprint density at radius 2 is 2.29 bits per heavy atom. The van der Waals surface area contributed by atoms with Crippen LogP contribution in [-0.4, -0.2) is 19.7 Å². The zero-order valence-electron chi connectivity index (χ0n) is 9.90. The van der Waals surface area contributed by atoms with Crippen LogP contribution >= 0.6 is 0 Å². The predicted octanol–water partition coefficient (Wildman–Crippen LogP) is 1.29. The minimum atomic E-state index is -0.151. The van der Waals surface area contributed by atoms with Gasteiger partial charge in [-0.1, -0.05) is 6.92 Å². The van der Waals surface area contributed by atoms with E-state index in [-0.39, 0.29) is 5.56 Å². The largest absolute Gasteiger partial charge is 0.337 e. The number of aryl methyl sites for hydroxylation is 2. The summed E-state index contributed by atoms with van der Waals surface area (Å²) in [4.78, 5) is 18.3. The van der Waals surface area contributed by atoms with Crippen molar-refractivity contribution in [2.45, 2.75) is 26.8 Å². The number of rotatable bonds is 4. The van der Waals surface area contributed by atoms with E-state index < -0.39 is 0 Å². The van der Waals surface area contributed by atoms with Crippen LogP contribution in [0.3, 0.4) is 0 Å². The number of aromatic amines is 1. The van der Waals surface area contributed by atoms with Gasteiger partial charge in [-0.3, -0.25) is 9.48 Å². The number of hydrogen-bond donors (Lipinski definition) is 2. The summed E-state index contributed by atoms with van der Waals surface area (Å²) in [6, 6.07) is 1.43. The molecule has 0 aliphatic heterocycles. The molecule has 0 amide bonds. The van der Waals surface area contributed by atoms with E-state index in [1.807, 2.05) is 20.0 Å². The molecular formula is C11H15N5O. The van der Waals surface area contributed by atoms with Gasteiger partial charge in [-0.05, 0) is 6.92 Å². The van der Waals surface area contributed by atoms with E-state index in [2.05, 4.69) is 20.4 Å². The van der Waals surface area contributed by atoms with Crippen molar-refractivity contribution < 1.29 is 0 Å². The Kier molecular flexibility index (Phi) is 3.22. The van der Waals surface area contributed by atoms with E-state index in [0.29, 0.717) is 18.1 Å². The number of anilines is 2. The molecule has 0 unspecified atom stereocenters. The van der Waals surface area contributed by atoms with Crippen molar-refractivity contribution >= 4 is 11.5 Å². The zero-order valence-corrected chi connectivity index (χ0v) is 9.90. The SMILES string of the molecule is CCc1nc(Nc2cnn(CC)c2)cc(=O)[nH]1. The van der Waals surface area contributed by atoms with Crippen LogP contribution in [0.25, 0.3) is 0 Å². The summed E-state index contributed by atoms with van der Waals surface area (Å²) in [7, 11) is 0. The molecule has 90 valence electrons. The third kappa shape index (κ3) is 2.72. The van der Waals surface area contributed by atoms with Gasteiger partial charge in [0, 0.05) is 25.2 Å². The third-order valence-corrected chi connectivity index (χ3v) is 2.36. The topological polar surface area (TPSA) is 75.6 Å². The number of aromatic nitrogens is 4. The van der Waals surface area contributed by atoms with Crippen LogP contribution in [0.2, 0.25) is 0 Å². The van der Waals surface area contributed by atoms with Crippen molar-refractivity contribution in [1.29, 1.82) is 0 Å². The van der Waals surface area contributed by atoms with E-state index >= 15 is 0 Å². The normalized spacial score (nSPS) is 10.5. The maximum absolute atomic E-state index is 11.4. The second kappa shape index (κ2) is 4.82. The third-order valence-electron chi connectivity index (χ3n) is 2.36. The Balaban J connectivity index is 2.23. The fourth-order valence-corrected chi connectivity index (χ4v) is 1.49. The molecule has 0 aliphatic carbocycles. The molecular weight excluding hydrogens is 218 g/mol. The van der Waals surface area contributed by atoms with Gasteiger partial charge in [-0.2, -0.15) is 5.10 Å². The summed E-state index contributed by atoms with van der Waals surface area (Å²) in [6.07, 6.45) is 4.27. The van der Waals surface area contributed by atoms with Crippen molar-refractivity contribution in [1.82, 2.24) is 19.7 Å². The van der Waals surface area contributed by atoms with Crippen molar-refractivity contribution in [2.75, 3.05) is 5.32 Å². The first-order valence-electron chi connectivity index (χ1n) is 5.61. The molecule has 2 heterocycles. The summed E-state index contributed by atoms with van der Waals surface area (Å²) < 4.78 is 1.80. The molecule has 0 radical (unpaired) electrons. The first kappa shape index (κ1) is 11.4. The van der Waals surface area contributed by atoms with Crippen molar-refractivity contribution in [3.8, 4) is 0 Å². The Morgan fingerprint density at radius 3 is 2.94 bits per heavy atom. The second-order valence-electron chi connectivity index (χ2n) is 3.64. The molecule has 0 aromatic carbocycles. The van der Waals surface area contributed by atoms with Crippen LogP contribution < -0.4 is 10.9 Å². The van der Waals surface area contributed by atoms with E-state index in [0.717, 1.165) is 12.2 Å². The van der Waals surface area contributed by atoms with Gasteiger partial charge < -0.3 is 10.3 Å². The average molecular weight is 233 g/mol. The highest BCUT2D eigenvalue weighted by molar-refractivity contribution is 5.53. The summed E-state index contributed by atoms with van der Waals surface area (Å²) in [5.74, 6) is 1.21. The molecule has 17 heavy (non-hydrogen) atoms. The minimum Gasteiger partial charge on any atom is -0.337 e. The molecule has 2 N–H and O–H groups in total. The Morgan fingerprint density at radius 1 is 1.47 bits per heavy atom. The monoisotopic (exact) mass is 233 g/mol. The van der Waals surface area contributed by atoms with E-state index in [1.54, 1.807) is 10.9 Å². The van der Waals surface area contributed by atoms with Gasteiger partial charge in [0.1, 0.15) is 11.6 Å². The van der Waals surface area contributed by atoms with Crippen LogP contribution in [0, 0.1) is 0 Å². The molecule has 0 atom stereocenters. The number of hydrogen-bond acceptors (Lipinski definition) is 4. The highest BCUT2D eigenvalue weighted by atomic mass is 16.1. The molecule has 0 bridgehead atoms. The smallest absolute Gasteiger partial charge is 0.252 e. The predicted molar refractivity (Wildman–Crippen MR) is 65.4 cm³/mol. The minimum absolute atomic E-state index is 0.151. The fourth-order valence-electron chi connectivity index (χ4n) is 1.49. The first-order chi connectivity index (χ1) is 8.21. The molecule has 0 spiro atoms. The molecule has 2 aromatic heterocycles. The summed E-state index contributed by atoms with van der Waals surface area (Å²) in [5, 5.41) is 7.20. The fraction of sp³-hybridized carbons (Fsp3) is 0.364. The molecule has 6 heteroatoms. The second-order valence-corrected chi connectivity index (χ2v) is 3.64. The number of H-pyrrole nitrogens is 1. The van der Waals surface area contributed by atoms with Gasteiger partial charge in [-0.25, -0.2) is 4.98 Å². The lowest BCUT2D eigenvalue weighted by atomic mass is 10.4. The molecule has 2 rings (SSSR count). The van der Waals surface area contributed by atoms with Crippen molar-refractivity contribution in [3.63, 3.8) is 0 Å². The molecule has 0 saturated heterocycles. The number of nitrogens with zero attached hydrogens (tertiary/aromatic N) is 3. The van der Waals surface area contributed by atoms with Gasteiger partial charge in [0.25, 0.3) is 5.56 Å². The van der Waals surface area contributed by atoms with Gasteiger partial charge in [-0.15, -0.1) is 0 Å². The standard InChI is InChI=1S/C11H15N5O/c1-3-9-14-10(5-11(17)15-9)13-8-6-12-16(4-2)7-8/h5-7H,3-4H2,1-2H3,(H2,13,14,15,17). The highest BCUT2D eigenvalue weighted by Gasteiger charge is 2.02. The lowest BCUT2D eigenvalue weighted by Crippen LogP contribution is -2.11. The molecule has 2 aromatic rings. The van der Waals surface area contributed by atoms with E-state index in [1.165, 1.54) is 6.07 Å². The van der Waals surface area contributed by atoms with Crippen LogP contribution in [-0.2, 0) is 13.0 Å². The van der Waals surface area contributed by atoms with Crippen LogP contribution in [0.5, 0.6) is 0 Å². The van der Waals surface area contributed by atoms with Crippen molar-refractivity contribution in [3.05, 3.63) is 34.6 Å². The Labute approximate surface area is 98.7 Å². The quantitative estimate of drug-likeness (QED) is 0.834. The summed E-state index contributed by atoms with van der Waals surface area (Å²) >= 11 is 0. The van der Waals surface area contributed by atoms with Crippen LogP contribution in [0.1, 0.15) is 19.7 Å². The highest BCUT2D eigenvalue weighted by Crippen LogP contribution is 2.11. The van der Waals surface area contributed by atoms with Crippen LogP contribution in [0.4, 0.5) is 11.5 Å². The average Bonchev–Trinajstić information content (AvgIpc) is 2.76. The van der Waals surface area contributed by atoms with E-state index in [4.69, 9.17) is 0 Å². The van der Waals surface area contributed by atoms with Gasteiger partial charge in [0.2, 0.25) is 0 Å². The van der Waals surface area contributed by atoms with Gasteiger partial charge in [0.15, 0.2) is 0 Å². The Bertz CT molecular complexity index is 557. The van der Waals surface area contributed by atoms with E-state index in [9.17, 15) is 4.79 Å². The zero-order chi connectivity index (χ0) is 12.3. The molecule has 0 saturated carbocycles. The summed E-state index contributed by atoms with van der Waals surface area (Å²) in [6.45, 7) is 4.76. The Hall–Kier alpha value is -2.11. The number of nitrogens with one attached hydrogen (secondary N) is 2. The molecule has 6 nitrogen and oxygen atoms in total. The first-order valence-corrected chi connectivity index (χ1v) is 5.61. The van der Waals surface area contributed by atoms with Gasteiger partial charge in [0.05, 0.1) is 11.9 Å². The maximum Gasteiger partial charge on any atom is 0.252 e. The molecule has 0 fully saturated rings. The van der Waals surface area contributed by atoms with Gasteiger partial charge >= 0.3 is 0 Å². The van der Waals surface area contributed by atoms with Crippen molar-refractivity contribution in [2.24, 2.45) is 0 Å². The van der Waals surface area contributed by atoms with Crippen LogP contribution in [0.15, 0.2) is 23.3 Å². The summed E-state index contributed by atoms with van der Waals surface area (Å²) in [5.41, 5.74) is 0.675.